The largest absolute Gasteiger partial charge is 0.378 e. The summed E-state index contributed by atoms with van der Waals surface area (Å²) in [6.07, 6.45) is 5.82. The molecule has 3 aliphatic rings. The minimum absolute atomic E-state index is 0. The molecule has 1 aromatic rings. The van der Waals surface area contributed by atoms with Crippen molar-refractivity contribution in [3.8, 4) is 0 Å². The first-order chi connectivity index (χ1) is 11.2. The van der Waals surface area contributed by atoms with Gasteiger partial charge in [0.05, 0.1) is 6.10 Å². The van der Waals surface area contributed by atoms with Crippen LogP contribution in [0, 0.1) is 5.41 Å². The number of aromatic nitrogens is 2. The highest BCUT2D eigenvalue weighted by molar-refractivity contribution is 5.94. The van der Waals surface area contributed by atoms with Gasteiger partial charge in [-0.1, -0.05) is 6.42 Å². The van der Waals surface area contributed by atoms with Crippen molar-refractivity contribution in [2.24, 2.45) is 5.41 Å². The summed E-state index contributed by atoms with van der Waals surface area (Å²) >= 11 is 0. The number of fused-ring (bicyclic) bond motifs is 1. The molecule has 0 bridgehead atoms. The van der Waals surface area contributed by atoms with E-state index in [4.69, 9.17) is 4.74 Å². The topological polar surface area (TPSA) is 70.2 Å². The van der Waals surface area contributed by atoms with E-state index < -0.39 is 0 Å². The summed E-state index contributed by atoms with van der Waals surface area (Å²) in [5, 5.41) is 10.7. The van der Waals surface area contributed by atoms with Crippen molar-refractivity contribution in [3.63, 3.8) is 0 Å². The zero-order chi connectivity index (χ0) is 16.0. The maximum Gasteiger partial charge on any atom is 0.274 e. The second-order valence-corrected chi connectivity index (χ2v) is 7.15. The van der Waals surface area contributed by atoms with Crippen LogP contribution in [0.15, 0.2) is 0 Å². The molecule has 134 valence electrons. The molecule has 2 aliphatic carbocycles. The van der Waals surface area contributed by atoms with Gasteiger partial charge in [-0.15, -0.1) is 12.4 Å². The van der Waals surface area contributed by atoms with Crippen molar-refractivity contribution in [3.05, 3.63) is 17.0 Å². The number of rotatable bonds is 4. The lowest BCUT2D eigenvalue weighted by Crippen LogP contribution is -2.67. The predicted octanol–water partition coefficient (Wildman–Crippen LogP) is 1.90. The van der Waals surface area contributed by atoms with E-state index in [0.717, 1.165) is 43.8 Å². The van der Waals surface area contributed by atoms with E-state index in [1.54, 1.807) is 0 Å². The maximum absolute atomic E-state index is 13.0. The zero-order valence-electron chi connectivity index (χ0n) is 14.4. The number of hydrogen-bond donors (Lipinski definition) is 2. The summed E-state index contributed by atoms with van der Waals surface area (Å²) in [7, 11) is 1.94. The molecule has 6 nitrogen and oxygen atoms in total. The van der Waals surface area contributed by atoms with E-state index >= 15 is 0 Å². The zero-order valence-corrected chi connectivity index (χ0v) is 15.2. The van der Waals surface area contributed by atoms with E-state index in [1.807, 2.05) is 11.9 Å². The van der Waals surface area contributed by atoms with Crippen molar-refractivity contribution >= 4 is 18.3 Å². The number of aromatic amines is 1. The number of nitrogens with zero attached hydrogens (tertiary/aromatic N) is 2. The van der Waals surface area contributed by atoms with Crippen molar-refractivity contribution in [2.45, 2.75) is 57.7 Å². The Morgan fingerprint density at radius 2 is 2.25 bits per heavy atom. The van der Waals surface area contributed by atoms with Crippen LogP contribution in [-0.4, -0.2) is 53.3 Å². The highest BCUT2D eigenvalue weighted by atomic mass is 35.5. The molecule has 2 N–H and O–H groups in total. The van der Waals surface area contributed by atoms with Gasteiger partial charge in [0.1, 0.15) is 0 Å². The lowest BCUT2D eigenvalue weighted by atomic mass is 9.50. The van der Waals surface area contributed by atoms with Gasteiger partial charge in [-0.3, -0.25) is 9.89 Å². The summed E-state index contributed by atoms with van der Waals surface area (Å²) in [6.45, 7) is 4.49. The Morgan fingerprint density at radius 1 is 1.46 bits per heavy atom. The van der Waals surface area contributed by atoms with Gasteiger partial charge in [-0.2, -0.15) is 5.10 Å². The highest BCUT2D eigenvalue weighted by Crippen LogP contribution is 2.59. The van der Waals surface area contributed by atoms with Crippen LogP contribution in [0.2, 0.25) is 0 Å². The lowest BCUT2D eigenvalue weighted by molar-refractivity contribution is -0.192. The number of hydrogen-bond acceptors (Lipinski definition) is 4. The number of H-pyrrole nitrogens is 1. The van der Waals surface area contributed by atoms with Crippen LogP contribution in [0.25, 0.3) is 0 Å². The molecule has 2 saturated carbocycles. The Balaban J connectivity index is 0.00000169. The molecule has 0 saturated heterocycles. The Kier molecular flexibility index (Phi) is 4.91. The van der Waals surface area contributed by atoms with Gasteiger partial charge in [0.15, 0.2) is 5.69 Å². The monoisotopic (exact) mass is 354 g/mol. The van der Waals surface area contributed by atoms with Gasteiger partial charge in [0.25, 0.3) is 5.91 Å². The maximum atomic E-state index is 13.0. The fourth-order valence-electron chi connectivity index (χ4n) is 4.66. The first kappa shape index (κ1) is 17.7. The third-order valence-electron chi connectivity index (χ3n) is 6.19. The second-order valence-electron chi connectivity index (χ2n) is 7.15. The van der Waals surface area contributed by atoms with Crippen LogP contribution >= 0.6 is 12.4 Å². The fraction of sp³-hybridized carbons (Fsp3) is 0.765. The first-order valence-corrected chi connectivity index (χ1v) is 8.83. The van der Waals surface area contributed by atoms with Gasteiger partial charge < -0.3 is 15.0 Å². The number of halogens is 1. The molecule has 24 heavy (non-hydrogen) atoms. The number of carbonyl (C=O) groups excluding carboxylic acids is 1. The Labute approximate surface area is 149 Å². The van der Waals surface area contributed by atoms with E-state index in [1.165, 1.54) is 19.3 Å². The highest BCUT2D eigenvalue weighted by Gasteiger charge is 2.61. The lowest BCUT2D eigenvalue weighted by Gasteiger charge is -2.63. The van der Waals surface area contributed by atoms with Crippen LogP contribution < -0.4 is 5.32 Å². The average Bonchev–Trinajstić information content (AvgIpc) is 2.92. The van der Waals surface area contributed by atoms with Gasteiger partial charge in [0.2, 0.25) is 0 Å². The quantitative estimate of drug-likeness (QED) is 0.866. The Hall–Kier alpha value is -1.11. The molecule has 4 rings (SSSR count). The molecule has 7 heteroatoms. The molecule has 1 amide bonds. The molecule has 0 aromatic carbocycles. The van der Waals surface area contributed by atoms with Crippen molar-refractivity contribution in [1.29, 1.82) is 0 Å². The summed E-state index contributed by atoms with van der Waals surface area (Å²) in [5.74, 6) is 0.0532. The normalized spacial score (nSPS) is 26.8. The molecule has 2 unspecified atom stereocenters. The molecule has 1 aliphatic heterocycles. The summed E-state index contributed by atoms with van der Waals surface area (Å²) in [5.41, 5.74) is 2.97. The van der Waals surface area contributed by atoms with Gasteiger partial charge in [-0.05, 0) is 26.2 Å². The Bertz CT molecular complexity index is 614. The number of amides is 1. The van der Waals surface area contributed by atoms with E-state index in [-0.39, 0.29) is 23.7 Å². The third kappa shape index (κ3) is 2.47. The molecule has 0 radical (unpaired) electrons. The fourth-order valence-corrected chi connectivity index (χ4v) is 4.66. The van der Waals surface area contributed by atoms with Crippen LogP contribution in [0.3, 0.4) is 0 Å². The summed E-state index contributed by atoms with van der Waals surface area (Å²) in [4.78, 5) is 14.9. The van der Waals surface area contributed by atoms with Crippen LogP contribution in [-0.2, 0) is 17.7 Å². The SMILES string of the molecule is CCOC1CC(N(C)C(=O)c2n[nH]c3c2CNCC3)C12CCC2.Cl. The minimum atomic E-state index is 0. The second kappa shape index (κ2) is 6.65. The van der Waals surface area contributed by atoms with Gasteiger partial charge in [-0.25, -0.2) is 0 Å². The summed E-state index contributed by atoms with van der Waals surface area (Å²) < 4.78 is 5.91. The summed E-state index contributed by atoms with van der Waals surface area (Å²) in [6, 6.07) is 0.296. The molecule has 2 fully saturated rings. The van der Waals surface area contributed by atoms with Crippen molar-refractivity contribution < 1.29 is 9.53 Å². The standard InChI is InChI=1S/C17H26N4O2.ClH/c1-3-23-14-9-13(17(14)6-4-7-17)21(2)16(22)15-11-10-18-8-5-12(11)19-20-15;/h13-14,18H,3-10H2,1-2H3,(H,19,20);1H. The minimum Gasteiger partial charge on any atom is -0.378 e. The number of ether oxygens (including phenoxy) is 1. The molecule has 1 aromatic heterocycles. The molecule has 1 spiro atoms. The van der Waals surface area contributed by atoms with Crippen LogP contribution in [0.4, 0.5) is 0 Å². The first-order valence-electron chi connectivity index (χ1n) is 8.83. The molecular formula is C17H27ClN4O2. The van der Waals surface area contributed by atoms with Crippen LogP contribution in [0.5, 0.6) is 0 Å². The van der Waals surface area contributed by atoms with E-state index in [9.17, 15) is 4.79 Å². The average molecular weight is 355 g/mol. The van der Waals surface area contributed by atoms with Crippen LogP contribution in [0.1, 0.15) is 54.4 Å². The van der Waals surface area contributed by atoms with E-state index in [0.29, 0.717) is 17.8 Å². The van der Waals surface area contributed by atoms with Crippen molar-refractivity contribution in [1.82, 2.24) is 20.4 Å². The third-order valence-corrected chi connectivity index (χ3v) is 6.19. The molecular weight excluding hydrogens is 328 g/mol. The number of nitrogens with one attached hydrogen (secondary N) is 2. The smallest absolute Gasteiger partial charge is 0.274 e. The van der Waals surface area contributed by atoms with E-state index in [2.05, 4.69) is 22.4 Å². The molecule has 2 atom stereocenters. The van der Waals surface area contributed by atoms with Gasteiger partial charge >= 0.3 is 0 Å². The predicted molar refractivity (Wildman–Crippen MR) is 93.4 cm³/mol. The van der Waals surface area contributed by atoms with Crippen molar-refractivity contribution in [2.75, 3.05) is 20.2 Å². The molecule has 2 heterocycles. The Morgan fingerprint density at radius 3 is 2.92 bits per heavy atom. The van der Waals surface area contributed by atoms with Gasteiger partial charge in [0, 0.05) is 55.9 Å². The number of carbonyl (C=O) groups is 1.